The molecule has 0 bridgehead atoms. The van der Waals surface area contributed by atoms with E-state index in [1.54, 1.807) is 17.0 Å². The number of ketones is 1. The lowest BCUT2D eigenvalue weighted by Gasteiger charge is -2.35. The first-order valence-electron chi connectivity index (χ1n) is 6.56. The van der Waals surface area contributed by atoms with E-state index in [4.69, 9.17) is 40.2 Å². The lowest BCUT2D eigenvalue weighted by molar-refractivity contribution is -0.114. The normalized spacial score (nSPS) is 18.4. The van der Waals surface area contributed by atoms with Gasteiger partial charge in [-0.25, -0.2) is 0 Å². The fourth-order valence-electron chi connectivity index (χ4n) is 2.48. The number of benzene rings is 1. The molecule has 4 nitrogen and oxygen atoms in total. The van der Waals surface area contributed by atoms with Crippen LogP contribution < -0.4 is 10.1 Å². The van der Waals surface area contributed by atoms with Gasteiger partial charge in [-0.05, 0) is 43.8 Å². The summed E-state index contributed by atoms with van der Waals surface area (Å²) in [6, 6.07) is 3.07. The van der Waals surface area contributed by atoms with Crippen LogP contribution in [0, 0.1) is 0 Å². The van der Waals surface area contributed by atoms with Gasteiger partial charge in [0.2, 0.25) is 0 Å². The Balaban J connectivity index is 2.60. The minimum atomic E-state index is -0.387. The zero-order chi connectivity index (χ0) is 16.6. The number of nitrogens with zero attached hydrogens (tertiary/aromatic N) is 1. The maximum atomic E-state index is 12.1. The number of thiocarbonyl (C=S) groups is 1. The minimum absolute atomic E-state index is 0.0348. The van der Waals surface area contributed by atoms with Crippen molar-refractivity contribution in [3.8, 4) is 5.75 Å². The molecular formula is C15H16Cl2N2O2S. The van der Waals surface area contributed by atoms with Crippen LogP contribution in [0.2, 0.25) is 10.0 Å². The summed E-state index contributed by atoms with van der Waals surface area (Å²) in [6.45, 7) is 3.39. The number of carbonyl (C=O) groups excluding carboxylic acids is 1. The molecule has 1 heterocycles. The average molecular weight is 359 g/mol. The van der Waals surface area contributed by atoms with E-state index in [0.717, 1.165) is 11.3 Å². The molecule has 0 radical (unpaired) electrons. The summed E-state index contributed by atoms with van der Waals surface area (Å²) in [5.41, 5.74) is 2.20. The monoisotopic (exact) mass is 358 g/mol. The molecule has 2 rings (SSSR count). The van der Waals surface area contributed by atoms with Gasteiger partial charge in [0.15, 0.2) is 16.6 Å². The smallest absolute Gasteiger partial charge is 0.173 e. The third-order valence-electron chi connectivity index (χ3n) is 3.69. The highest BCUT2D eigenvalue weighted by Gasteiger charge is 2.31. The second kappa shape index (κ2) is 6.44. The molecule has 0 spiro atoms. The van der Waals surface area contributed by atoms with Crippen molar-refractivity contribution in [3.05, 3.63) is 39.0 Å². The number of nitrogens with one attached hydrogen (secondary N) is 1. The molecule has 1 aromatic rings. The number of ether oxygens (including phenoxy) is 1. The van der Waals surface area contributed by atoms with Crippen molar-refractivity contribution < 1.29 is 9.53 Å². The number of methoxy groups -OCH3 is 1. The molecule has 0 saturated heterocycles. The summed E-state index contributed by atoms with van der Waals surface area (Å²) in [6.07, 6.45) is 0. The summed E-state index contributed by atoms with van der Waals surface area (Å²) in [7, 11) is 3.32. The van der Waals surface area contributed by atoms with Gasteiger partial charge in [-0.3, -0.25) is 4.79 Å². The quantitative estimate of drug-likeness (QED) is 0.833. The van der Waals surface area contributed by atoms with Gasteiger partial charge in [-0.15, -0.1) is 0 Å². The van der Waals surface area contributed by atoms with Crippen molar-refractivity contribution in [1.82, 2.24) is 10.2 Å². The highest BCUT2D eigenvalue weighted by atomic mass is 35.5. The van der Waals surface area contributed by atoms with Gasteiger partial charge in [0, 0.05) is 18.3 Å². The van der Waals surface area contributed by atoms with Crippen LogP contribution in [0.1, 0.15) is 25.5 Å². The lowest BCUT2D eigenvalue weighted by atomic mass is 9.92. The van der Waals surface area contributed by atoms with Crippen LogP contribution in [0.4, 0.5) is 0 Å². The van der Waals surface area contributed by atoms with Crippen LogP contribution in [-0.4, -0.2) is 30.0 Å². The lowest BCUT2D eigenvalue weighted by Crippen LogP contribution is -2.45. The van der Waals surface area contributed by atoms with E-state index in [1.807, 2.05) is 14.0 Å². The van der Waals surface area contributed by atoms with Gasteiger partial charge >= 0.3 is 0 Å². The van der Waals surface area contributed by atoms with Gasteiger partial charge in [0.25, 0.3) is 0 Å². The third kappa shape index (κ3) is 2.93. The first-order chi connectivity index (χ1) is 10.3. The first kappa shape index (κ1) is 17.1. The van der Waals surface area contributed by atoms with Crippen LogP contribution in [0.15, 0.2) is 23.4 Å². The Morgan fingerprint density at radius 3 is 2.36 bits per heavy atom. The number of allylic oxidation sites excluding steroid dienone is 1. The molecule has 1 N–H and O–H groups in total. The average Bonchev–Trinajstić information content (AvgIpc) is 2.43. The first-order valence-corrected chi connectivity index (χ1v) is 7.73. The molecule has 1 aliphatic heterocycles. The molecule has 0 amide bonds. The van der Waals surface area contributed by atoms with Crippen LogP contribution in [0.25, 0.3) is 0 Å². The van der Waals surface area contributed by atoms with Crippen LogP contribution in [0.5, 0.6) is 5.75 Å². The van der Waals surface area contributed by atoms with Gasteiger partial charge < -0.3 is 15.0 Å². The van der Waals surface area contributed by atoms with E-state index in [-0.39, 0.29) is 11.8 Å². The van der Waals surface area contributed by atoms with Crippen LogP contribution in [-0.2, 0) is 4.79 Å². The summed E-state index contributed by atoms with van der Waals surface area (Å²) in [5, 5.41) is 4.47. The van der Waals surface area contributed by atoms with Gasteiger partial charge in [0.1, 0.15) is 0 Å². The molecule has 1 atom stereocenters. The van der Waals surface area contributed by atoms with Gasteiger partial charge in [0.05, 0.1) is 23.2 Å². The largest absolute Gasteiger partial charge is 0.494 e. The third-order valence-corrected chi connectivity index (χ3v) is 4.64. The molecule has 0 fully saturated rings. The number of halogens is 2. The number of hydrogen-bond acceptors (Lipinski definition) is 3. The highest BCUT2D eigenvalue weighted by molar-refractivity contribution is 7.80. The molecule has 1 aromatic carbocycles. The van der Waals surface area contributed by atoms with E-state index in [2.05, 4.69) is 5.32 Å². The van der Waals surface area contributed by atoms with Gasteiger partial charge in [-0.2, -0.15) is 0 Å². The molecule has 22 heavy (non-hydrogen) atoms. The summed E-state index contributed by atoms with van der Waals surface area (Å²) in [4.78, 5) is 13.9. The Kier molecular flexibility index (Phi) is 5.00. The van der Waals surface area contributed by atoms with E-state index >= 15 is 0 Å². The molecule has 0 saturated carbocycles. The standard InChI is InChI=1S/C15H16Cl2N2O2S/c1-7-12(8(2)20)13(18-15(22)19(7)3)9-5-10(16)14(21-4)11(17)6-9/h5-6,13H,1-4H3,(H,18,22). The highest BCUT2D eigenvalue weighted by Crippen LogP contribution is 2.38. The zero-order valence-corrected chi connectivity index (χ0v) is 15.0. The fraction of sp³-hybridized carbons (Fsp3) is 0.333. The Morgan fingerprint density at radius 1 is 1.36 bits per heavy atom. The van der Waals surface area contributed by atoms with Crippen LogP contribution >= 0.6 is 35.4 Å². The van der Waals surface area contributed by atoms with Crippen molar-refractivity contribution in [3.63, 3.8) is 0 Å². The van der Waals surface area contributed by atoms with Crippen molar-refractivity contribution in [2.75, 3.05) is 14.2 Å². The molecule has 1 aliphatic rings. The molecule has 0 aliphatic carbocycles. The predicted molar refractivity (Wildman–Crippen MR) is 92.6 cm³/mol. The molecule has 7 heteroatoms. The SMILES string of the molecule is COc1c(Cl)cc(C2NC(=S)N(C)C(C)=C2C(C)=O)cc1Cl. The number of rotatable bonds is 3. The Bertz CT molecular complexity index is 665. The predicted octanol–water partition coefficient (Wildman–Crippen LogP) is 3.73. The molecule has 0 aromatic heterocycles. The van der Waals surface area contributed by atoms with E-state index < -0.39 is 0 Å². The Morgan fingerprint density at radius 2 is 1.91 bits per heavy atom. The second-order valence-corrected chi connectivity index (χ2v) is 6.22. The Labute approximate surface area is 145 Å². The second-order valence-electron chi connectivity index (χ2n) is 5.01. The van der Waals surface area contributed by atoms with Crippen LogP contribution in [0.3, 0.4) is 0 Å². The summed E-state index contributed by atoms with van der Waals surface area (Å²) >= 11 is 17.7. The molecule has 1 unspecified atom stereocenters. The van der Waals surface area contributed by atoms with E-state index in [1.165, 1.54) is 14.0 Å². The topological polar surface area (TPSA) is 41.6 Å². The zero-order valence-electron chi connectivity index (χ0n) is 12.7. The van der Waals surface area contributed by atoms with Crippen molar-refractivity contribution in [1.29, 1.82) is 0 Å². The number of Topliss-reactive ketones (excluding diaryl/α,β-unsaturated/α-hetero) is 1. The Hall–Kier alpha value is -1.30. The van der Waals surface area contributed by atoms with Crippen molar-refractivity contribution in [2.45, 2.75) is 19.9 Å². The number of hydrogen-bond donors (Lipinski definition) is 1. The number of carbonyl (C=O) groups is 1. The maximum Gasteiger partial charge on any atom is 0.173 e. The summed E-state index contributed by atoms with van der Waals surface area (Å²) < 4.78 is 5.15. The summed E-state index contributed by atoms with van der Waals surface area (Å²) in [5.74, 6) is 0.375. The van der Waals surface area contributed by atoms with Gasteiger partial charge in [-0.1, -0.05) is 23.2 Å². The van der Waals surface area contributed by atoms with E-state index in [0.29, 0.717) is 26.5 Å². The molecule has 118 valence electrons. The van der Waals surface area contributed by atoms with Crippen molar-refractivity contribution >= 4 is 46.3 Å². The maximum absolute atomic E-state index is 12.1. The fourth-order valence-corrected chi connectivity index (χ4v) is 3.40. The van der Waals surface area contributed by atoms with E-state index in [9.17, 15) is 4.79 Å². The molecular weight excluding hydrogens is 343 g/mol. The van der Waals surface area contributed by atoms with Crippen molar-refractivity contribution in [2.24, 2.45) is 0 Å². The minimum Gasteiger partial charge on any atom is -0.494 e.